The maximum atomic E-state index is 14.9. The number of carbonyl (C=O) groups excluding carboxylic acids is 1. The Morgan fingerprint density at radius 3 is 2.62 bits per heavy atom. The predicted molar refractivity (Wildman–Crippen MR) is 124 cm³/mol. The van der Waals surface area contributed by atoms with Crippen molar-refractivity contribution >= 4 is 23.5 Å². The highest BCUT2D eigenvalue weighted by molar-refractivity contribution is 5.68. The molecule has 1 atom stereocenters. The first-order valence-corrected chi connectivity index (χ1v) is 11.8. The summed E-state index contributed by atoms with van der Waals surface area (Å²) in [7, 11) is 0. The molecule has 2 aliphatic heterocycles. The van der Waals surface area contributed by atoms with E-state index in [0.29, 0.717) is 50.1 Å². The van der Waals surface area contributed by atoms with E-state index < -0.39 is 11.3 Å². The Morgan fingerprint density at radius 1 is 1.21 bits per heavy atom. The van der Waals surface area contributed by atoms with Crippen LogP contribution in [0.1, 0.15) is 45.7 Å². The number of aromatic nitrogens is 4. The van der Waals surface area contributed by atoms with E-state index in [9.17, 15) is 9.18 Å². The SMILES string of the molecule is Cc1cc(Nc2cc(N3CC(F)(C4CC4)C3)nc(OC3CCN(C(=O)OC(C)(C)C)C3)n2)n[nH]1. The molecule has 2 aromatic rings. The molecule has 1 amide bonds. The van der Waals surface area contributed by atoms with Crippen molar-refractivity contribution in [3.8, 4) is 6.01 Å². The molecule has 0 spiro atoms. The van der Waals surface area contributed by atoms with Crippen molar-refractivity contribution in [1.29, 1.82) is 0 Å². The normalized spacial score (nSPS) is 21.9. The van der Waals surface area contributed by atoms with Crippen LogP contribution >= 0.6 is 0 Å². The second-order valence-corrected chi connectivity index (χ2v) is 10.6. The van der Waals surface area contributed by atoms with E-state index in [1.54, 1.807) is 11.0 Å². The highest BCUT2D eigenvalue weighted by atomic mass is 19.1. The number of halogens is 1. The topological polar surface area (TPSA) is 108 Å². The van der Waals surface area contributed by atoms with Crippen LogP contribution in [0.4, 0.5) is 26.6 Å². The monoisotopic (exact) mass is 473 g/mol. The van der Waals surface area contributed by atoms with E-state index in [0.717, 1.165) is 18.5 Å². The molecule has 34 heavy (non-hydrogen) atoms. The van der Waals surface area contributed by atoms with Crippen LogP contribution in [0.25, 0.3) is 0 Å². The number of ether oxygens (including phenoxy) is 2. The number of hydrogen-bond donors (Lipinski definition) is 2. The van der Waals surface area contributed by atoms with Gasteiger partial charge in [-0.3, -0.25) is 5.10 Å². The van der Waals surface area contributed by atoms with Crippen LogP contribution < -0.4 is 15.0 Å². The number of amides is 1. The molecule has 4 heterocycles. The van der Waals surface area contributed by atoms with Gasteiger partial charge < -0.3 is 24.6 Å². The molecule has 10 nitrogen and oxygen atoms in total. The molecule has 0 aromatic carbocycles. The number of likely N-dealkylation sites (tertiary alicyclic amines) is 1. The fourth-order valence-electron chi connectivity index (χ4n) is 4.38. The van der Waals surface area contributed by atoms with Gasteiger partial charge in [-0.2, -0.15) is 15.1 Å². The fourth-order valence-corrected chi connectivity index (χ4v) is 4.38. The Bertz CT molecular complexity index is 1060. The zero-order valence-electron chi connectivity index (χ0n) is 20.1. The number of H-pyrrole nitrogens is 1. The lowest BCUT2D eigenvalue weighted by molar-refractivity contribution is 0.0274. The molecule has 2 saturated heterocycles. The number of alkyl halides is 1. The lowest BCUT2D eigenvalue weighted by Crippen LogP contribution is -2.60. The molecule has 5 rings (SSSR count). The molecule has 3 fully saturated rings. The number of rotatable bonds is 6. The van der Waals surface area contributed by atoms with E-state index >= 15 is 0 Å². The van der Waals surface area contributed by atoms with Gasteiger partial charge in [0, 0.05) is 30.8 Å². The average molecular weight is 474 g/mol. The summed E-state index contributed by atoms with van der Waals surface area (Å²) in [4.78, 5) is 25.0. The van der Waals surface area contributed by atoms with Gasteiger partial charge in [-0.15, -0.1) is 0 Å². The van der Waals surface area contributed by atoms with E-state index in [2.05, 4.69) is 25.5 Å². The molecule has 3 aliphatic rings. The van der Waals surface area contributed by atoms with Crippen LogP contribution in [-0.2, 0) is 4.74 Å². The molecule has 1 unspecified atom stereocenters. The summed E-state index contributed by atoms with van der Waals surface area (Å²) < 4.78 is 26.5. The Kier molecular flexibility index (Phi) is 5.52. The van der Waals surface area contributed by atoms with Crippen molar-refractivity contribution in [1.82, 2.24) is 25.1 Å². The Balaban J connectivity index is 1.30. The molecule has 1 aliphatic carbocycles. The van der Waals surface area contributed by atoms with Crippen LogP contribution in [0.3, 0.4) is 0 Å². The van der Waals surface area contributed by atoms with Gasteiger partial charge in [0.15, 0.2) is 5.82 Å². The quantitative estimate of drug-likeness (QED) is 0.655. The van der Waals surface area contributed by atoms with E-state index in [1.807, 2.05) is 38.7 Å². The number of aryl methyl sites for hydroxylation is 1. The van der Waals surface area contributed by atoms with Crippen molar-refractivity contribution < 1.29 is 18.7 Å². The van der Waals surface area contributed by atoms with E-state index in [-0.39, 0.29) is 24.1 Å². The molecule has 2 aromatic heterocycles. The van der Waals surface area contributed by atoms with Crippen molar-refractivity contribution in [2.24, 2.45) is 5.92 Å². The van der Waals surface area contributed by atoms with Gasteiger partial charge in [0.05, 0.1) is 19.6 Å². The second-order valence-electron chi connectivity index (χ2n) is 10.6. The molecule has 0 radical (unpaired) electrons. The van der Waals surface area contributed by atoms with Crippen LogP contribution in [0.2, 0.25) is 0 Å². The van der Waals surface area contributed by atoms with Crippen LogP contribution in [0.15, 0.2) is 12.1 Å². The summed E-state index contributed by atoms with van der Waals surface area (Å²) in [5.74, 6) is 1.90. The van der Waals surface area contributed by atoms with Crippen molar-refractivity contribution in [2.45, 2.75) is 64.3 Å². The molecular weight excluding hydrogens is 441 g/mol. The third-order valence-corrected chi connectivity index (χ3v) is 6.26. The number of aromatic amines is 1. The van der Waals surface area contributed by atoms with Gasteiger partial charge in [0.1, 0.15) is 29.0 Å². The summed E-state index contributed by atoms with van der Waals surface area (Å²) in [5, 5.41) is 10.2. The molecular formula is C23H32FN7O3. The lowest BCUT2D eigenvalue weighted by atomic mass is 9.91. The van der Waals surface area contributed by atoms with Gasteiger partial charge >= 0.3 is 12.1 Å². The lowest BCUT2D eigenvalue weighted by Gasteiger charge is -2.45. The van der Waals surface area contributed by atoms with Crippen molar-refractivity contribution in [3.63, 3.8) is 0 Å². The standard InChI is InChI=1S/C23H32FN7O3/c1-14-9-18(29-28-14)25-17-10-19(31-12-23(24,13-31)15-5-6-15)27-20(26-17)33-16-7-8-30(11-16)21(32)34-22(2,3)4/h9-10,15-16H,5-8,11-13H2,1-4H3,(H2,25,26,27,28,29). The van der Waals surface area contributed by atoms with Crippen molar-refractivity contribution in [2.75, 3.05) is 36.4 Å². The number of carbonyl (C=O) groups is 1. The minimum Gasteiger partial charge on any atom is -0.458 e. The van der Waals surface area contributed by atoms with Gasteiger partial charge in [-0.25, -0.2) is 9.18 Å². The first kappa shape index (κ1) is 22.7. The number of anilines is 3. The van der Waals surface area contributed by atoms with E-state index in [1.165, 1.54) is 0 Å². The highest BCUT2D eigenvalue weighted by Gasteiger charge is 2.54. The van der Waals surface area contributed by atoms with Crippen molar-refractivity contribution in [3.05, 3.63) is 17.8 Å². The van der Waals surface area contributed by atoms with Gasteiger partial charge in [-0.05, 0) is 46.5 Å². The average Bonchev–Trinajstić information content (AvgIpc) is 3.35. The van der Waals surface area contributed by atoms with Crippen LogP contribution in [0.5, 0.6) is 6.01 Å². The van der Waals surface area contributed by atoms with Gasteiger partial charge in [-0.1, -0.05) is 0 Å². The Morgan fingerprint density at radius 2 is 1.97 bits per heavy atom. The summed E-state index contributed by atoms with van der Waals surface area (Å²) in [6.45, 7) is 9.01. The molecule has 2 N–H and O–H groups in total. The zero-order chi connectivity index (χ0) is 24.1. The maximum absolute atomic E-state index is 14.9. The summed E-state index contributed by atoms with van der Waals surface area (Å²) in [6.07, 6.45) is 1.95. The smallest absolute Gasteiger partial charge is 0.410 e. The van der Waals surface area contributed by atoms with E-state index in [4.69, 9.17) is 9.47 Å². The zero-order valence-corrected chi connectivity index (χ0v) is 20.1. The predicted octanol–water partition coefficient (Wildman–Crippen LogP) is 3.58. The minimum absolute atomic E-state index is 0.170. The van der Waals surface area contributed by atoms with Crippen LogP contribution in [0, 0.1) is 12.8 Å². The molecule has 11 heteroatoms. The third-order valence-electron chi connectivity index (χ3n) is 6.26. The van der Waals surface area contributed by atoms with Gasteiger partial charge in [0.25, 0.3) is 0 Å². The molecule has 184 valence electrons. The van der Waals surface area contributed by atoms with Gasteiger partial charge in [0.2, 0.25) is 0 Å². The third kappa shape index (κ3) is 5.02. The molecule has 0 bridgehead atoms. The number of nitrogens with zero attached hydrogens (tertiary/aromatic N) is 5. The Labute approximate surface area is 198 Å². The minimum atomic E-state index is -1.13. The number of nitrogens with one attached hydrogen (secondary N) is 2. The molecule has 1 saturated carbocycles. The largest absolute Gasteiger partial charge is 0.458 e. The second kappa shape index (κ2) is 8.28. The first-order chi connectivity index (χ1) is 16.1. The summed E-state index contributed by atoms with van der Waals surface area (Å²) in [5.41, 5.74) is -0.768. The summed E-state index contributed by atoms with van der Waals surface area (Å²) >= 11 is 0. The fraction of sp³-hybridized carbons (Fsp3) is 0.652. The first-order valence-electron chi connectivity index (χ1n) is 11.8. The maximum Gasteiger partial charge on any atom is 0.410 e. The van der Waals surface area contributed by atoms with Crippen LogP contribution in [-0.4, -0.2) is 74.7 Å². The highest BCUT2D eigenvalue weighted by Crippen LogP contribution is 2.48. The Hall–Kier alpha value is -3.11. The number of hydrogen-bond acceptors (Lipinski definition) is 8. The summed E-state index contributed by atoms with van der Waals surface area (Å²) in [6, 6.07) is 3.83.